The first-order valence-electron chi connectivity index (χ1n) is 7.00. The van der Waals surface area contributed by atoms with Crippen molar-refractivity contribution in [3.8, 4) is 11.5 Å². The van der Waals surface area contributed by atoms with E-state index in [4.69, 9.17) is 9.25 Å². The molecule has 3 rings (SSSR count). The Bertz CT molecular complexity index is 866. The molecule has 1 amide bonds. The molecule has 122 valence electrons. The molecule has 0 fully saturated rings. The van der Waals surface area contributed by atoms with Gasteiger partial charge in [0.1, 0.15) is 24.4 Å². The lowest BCUT2D eigenvalue weighted by molar-refractivity contribution is 0.0221. The normalized spacial score (nSPS) is 10.6. The van der Waals surface area contributed by atoms with Crippen LogP contribution in [-0.4, -0.2) is 10.9 Å². The maximum absolute atomic E-state index is 13.2. The van der Waals surface area contributed by atoms with Crippen LogP contribution in [0.5, 0.6) is 0 Å². The lowest BCUT2D eigenvalue weighted by Crippen LogP contribution is -2.23. The van der Waals surface area contributed by atoms with E-state index in [1.54, 1.807) is 30.3 Å². The lowest BCUT2D eigenvalue weighted by atomic mass is 10.2. The fourth-order valence-corrected chi connectivity index (χ4v) is 2.39. The highest BCUT2D eigenvalue weighted by molar-refractivity contribution is 9.10. The summed E-state index contributed by atoms with van der Waals surface area (Å²) < 4.78 is 19.3. The van der Waals surface area contributed by atoms with Gasteiger partial charge in [-0.25, -0.2) is 14.9 Å². The van der Waals surface area contributed by atoms with Gasteiger partial charge in [0.25, 0.3) is 5.91 Å². The Balaban J connectivity index is 1.57. The topological polar surface area (TPSA) is 64.4 Å². The zero-order valence-corrected chi connectivity index (χ0v) is 13.9. The minimum Gasteiger partial charge on any atom is -0.444 e. The standard InChI is InChI=1S/C17H12BrFN2O3/c18-13-5-1-3-11(7-13)16(22)21-24-10-15-9-23-17(20-15)12-4-2-6-14(19)8-12/h1-9H,10H2,(H,21,22). The Morgan fingerprint density at radius 1 is 1.25 bits per heavy atom. The number of hydroxylamine groups is 1. The SMILES string of the molecule is O=C(NOCc1coc(-c2cccc(F)c2)n1)c1cccc(Br)c1. The molecule has 0 saturated carbocycles. The van der Waals surface area contributed by atoms with Crippen LogP contribution in [0.4, 0.5) is 4.39 Å². The monoisotopic (exact) mass is 390 g/mol. The minimum atomic E-state index is -0.371. The van der Waals surface area contributed by atoms with Crippen LogP contribution in [0.3, 0.4) is 0 Å². The van der Waals surface area contributed by atoms with Crippen LogP contribution in [0.25, 0.3) is 11.5 Å². The van der Waals surface area contributed by atoms with Gasteiger partial charge in [0.2, 0.25) is 5.89 Å². The van der Waals surface area contributed by atoms with Crippen molar-refractivity contribution in [2.45, 2.75) is 6.61 Å². The highest BCUT2D eigenvalue weighted by Crippen LogP contribution is 2.19. The smallest absolute Gasteiger partial charge is 0.274 e. The molecule has 0 spiro atoms. The number of aromatic nitrogens is 1. The number of amides is 1. The molecular formula is C17H12BrFN2O3. The number of halogens is 2. The predicted octanol–water partition coefficient (Wildman–Crippen LogP) is 4.10. The Morgan fingerprint density at radius 3 is 2.88 bits per heavy atom. The van der Waals surface area contributed by atoms with Crippen LogP contribution in [0.15, 0.2) is 63.7 Å². The van der Waals surface area contributed by atoms with Crippen molar-refractivity contribution in [2.24, 2.45) is 0 Å². The maximum atomic E-state index is 13.2. The van der Waals surface area contributed by atoms with E-state index in [-0.39, 0.29) is 24.2 Å². The number of oxazole rings is 1. The molecule has 5 nitrogen and oxygen atoms in total. The molecule has 3 aromatic rings. The molecule has 24 heavy (non-hydrogen) atoms. The molecule has 0 atom stereocenters. The molecular weight excluding hydrogens is 379 g/mol. The lowest BCUT2D eigenvalue weighted by Gasteiger charge is -2.04. The summed E-state index contributed by atoms with van der Waals surface area (Å²) in [6.45, 7) is 0.0263. The van der Waals surface area contributed by atoms with E-state index in [2.05, 4.69) is 26.4 Å². The summed E-state index contributed by atoms with van der Waals surface area (Å²) in [5.74, 6) is -0.457. The number of carbonyl (C=O) groups excluding carboxylic acids is 1. The van der Waals surface area contributed by atoms with Crippen LogP contribution >= 0.6 is 15.9 Å². The Morgan fingerprint density at radius 2 is 2.08 bits per heavy atom. The number of carbonyl (C=O) groups is 1. The Hall–Kier alpha value is -2.51. The van der Waals surface area contributed by atoms with E-state index in [0.717, 1.165) is 4.47 Å². The van der Waals surface area contributed by atoms with E-state index in [9.17, 15) is 9.18 Å². The van der Waals surface area contributed by atoms with Crippen LogP contribution in [0, 0.1) is 5.82 Å². The fourth-order valence-electron chi connectivity index (χ4n) is 1.99. The van der Waals surface area contributed by atoms with Gasteiger partial charge in [0, 0.05) is 15.6 Å². The summed E-state index contributed by atoms with van der Waals surface area (Å²) in [7, 11) is 0. The van der Waals surface area contributed by atoms with Crippen LogP contribution < -0.4 is 5.48 Å². The van der Waals surface area contributed by atoms with E-state index in [1.807, 2.05) is 6.07 Å². The van der Waals surface area contributed by atoms with Gasteiger partial charge >= 0.3 is 0 Å². The number of benzene rings is 2. The molecule has 0 saturated heterocycles. The zero-order valence-electron chi connectivity index (χ0n) is 12.3. The van der Waals surface area contributed by atoms with Crippen LogP contribution in [0.2, 0.25) is 0 Å². The highest BCUT2D eigenvalue weighted by atomic mass is 79.9. The molecule has 1 heterocycles. The minimum absolute atomic E-state index is 0.0263. The predicted molar refractivity (Wildman–Crippen MR) is 88.3 cm³/mol. The summed E-state index contributed by atoms with van der Waals surface area (Å²) in [6.07, 6.45) is 1.39. The number of nitrogens with zero attached hydrogens (tertiary/aromatic N) is 1. The summed E-state index contributed by atoms with van der Waals surface area (Å²) >= 11 is 3.30. The van der Waals surface area contributed by atoms with Crippen LogP contribution in [0.1, 0.15) is 16.1 Å². The van der Waals surface area contributed by atoms with Gasteiger partial charge in [-0.05, 0) is 36.4 Å². The molecule has 0 unspecified atom stereocenters. The Labute approximate surface area is 145 Å². The molecule has 0 aliphatic rings. The van der Waals surface area contributed by atoms with Crippen molar-refractivity contribution >= 4 is 21.8 Å². The maximum Gasteiger partial charge on any atom is 0.274 e. The molecule has 1 N–H and O–H groups in total. The molecule has 0 aliphatic heterocycles. The second kappa shape index (κ2) is 7.37. The van der Waals surface area contributed by atoms with Crippen molar-refractivity contribution in [3.63, 3.8) is 0 Å². The summed E-state index contributed by atoms with van der Waals surface area (Å²) in [5, 5.41) is 0. The van der Waals surface area contributed by atoms with Crippen LogP contribution in [-0.2, 0) is 11.4 Å². The van der Waals surface area contributed by atoms with Crippen molar-refractivity contribution < 1.29 is 18.4 Å². The molecule has 7 heteroatoms. The first-order chi connectivity index (χ1) is 11.6. The number of nitrogens with one attached hydrogen (secondary N) is 1. The first-order valence-corrected chi connectivity index (χ1v) is 7.79. The van der Waals surface area contributed by atoms with Crippen molar-refractivity contribution in [1.82, 2.24) is 10.5 Å². The zero-order chi connectivity index (χ0) is 16.9. The van der Waals surface area contributed by atoms with Crippen molar-refractivity contribution in [1.29, 1.82) is 0 Å². The van der Waals surface area contributed by atoms with Gasteiger partial charge in [-0.2, -0.15) is 0 Å². The quantitative estimate of drug-likeness (QED) is 0.665. The van der Waals surface area contributed by atoms with E-state index < -0.39 is 0 Å². The molecule has 0 aliphatic carbocycles. The summed E-state index contributed by atoms with van der Waals surface area (Å²) in [4.78, 5) is 21.2. The first kappa shape index (κ1) is 16.4. The van der Waals surface area contributed by atoms with Gasteiger partial charge in [-0.15, -0.1) is 0 Å². The van der Waals surface area contributed by atoms with Gasteiger partial charge in [0.05, 0.1) is 0 Å². The van der Waals surface area contributed by atoms with Gasteiger partial charge in [-0.3, -0.25) is 9.63 Å². The number of rotatable bonds is 5. The number of hydrogen-bond donors (Lipinski definition) is 1. The molecule has 0 radical (unpaired) electrons. The third-order valence-electron chi connectivity index (χ3n) is 3.10. The van der Waals surface area contributed by atoms with Gasteiger partial charge in [0.15, 0.2) is 0 Å². The molecule has 1 aromatic heterocycles. The third-order valence-corrected chi connectivity index (χ3v) is 3.59. The fraction of sp³-hybridized carbons (Fsp3) is 0.0588. The second-order valence-corrected chi connectivity index (χ2v) is 5.80. The third kappa shape index (κ3) is 4.06. The summed E-state index contributed by atoms with van der Waals surface area (Å²) in [6, 6.07) is 12.8. The van der Waals surface area contributed by atoms with Gasteiger partial charge < -0.3 is 4.42 Å². The largest absolute Gasteiger partial charge is 0.444 e. The van der Waals surface area contributed by atoms with E-state index >= 15 is 0 Å². The highest BCUT2D eigenvalue weighted by Gasteiger charge is 2.09. The molecule has 2 aromatic carbocycles. The van der Waals surface area contributed by atoms with Crippen molar-refractivity contribution in [2.75, 3.05) is 0 Å². The van der Waals surface area contributed by atoms with Crippen molar-refractivity contribution in [3.05, 3.63) is 76.3 Å². The average Bonchev–Trinajstić information content (AvgIpc) is 3.04. The summed E-state index contributed by atoms with van der Waals surface area (Å²) in [5.41, 5.74) is 3.80. The van der Waals surface area contributed by atoms with E-state index in [1.165, 1.54) is 18.4 Å². The second-order valence-electron chi connectivity index (χ2n) is 4.88. The Kier molecular flexibility index (Phi) is 5.02. The van der Waals surface area contributed by atoms with E-state index in [0.29, 0.717) is 16.8 Å². The average molecular weight is 391 g/mol. The number of hydrogen-bond acceptors (Lipinski definition) is 4. The van der Waals surface area contributed by atoms with Gasteiger partial charge in [-0.1, -0.05) is 28.1 Å². The molecule has 0 bridgehead atoms.